The van der Waals surface area contributed by atoms with E-state index in [0.29, 0.717) is 12.0 Å². The average Bonchev–Trinajstić information content (AvgIpc) is 2.71. The van der Waals surface area contributed by atoms with Gasteiger partial charge in [0.2, 0.25) is 0 Å². The van der Waals surface area contributed by atoms with Gasteiger partial charge in [0.25, 0.3) is 0 Å². The van der Waals surface area contributed by atoms with Gasteiger partial charge in [-0.05, 0) is 42.1 Å². The Morgan fingerprint density at radius 2 is 1.94 bits per heavy atom. The molecule has 0 amide bonds. The second-order valence-electron chi connectivity index (χ2n) is 5.53. The third kappa shape index (κ3) is 2.94. The van der Waals surface area contributed by atoms with Crippen molar-refractivity contribution in [3.8, 4) is 0 Å². The molecule has 1 heterocycles. The summed E-state index contributed by atoms with van der Waals surface area (Å²) in [6.45, 7) is 9.79. The number of benzene rings is 1. The predicted octanol–water partition coefficient (Wildman–Crippen LogP) is 4.10. The Kier molecular flexibility index (Phi) is 4.07. The Morgan fingerprint density at radius 1 is 1.17 bits per heavy atom. The van der Waals surface area contributed by atoms with E-state index in [1.807, 2.05) is 6.26 Å². The summed E-state index contributed by atoms with van der Waals surface area (Å²) < 4.78 is 5.61. The van der Waals surface area contributed by atoms with E-state index in [1.165, 1.54) is 16.5 Å². The standard InChI is InChI=1S/C16H23NO/c1-11(2)13-5-6-16-15(9-13)14(10-18-16)7-8-17-12(3)4/h5-6,9-12,17H,7-8H2,1-4H3. The summed E-state index contributed by atoms with van der Waals surface area (Å²) in [5, 5.41) is 4.71. The minimum Gasteiger partial charge on any atom is -0.464 e. The van der Waals surface area contributed by atoms with Crippen LogP contribution in [0.15, 0.2) is 28.9 Å². The Bertz CT molecular complexity index is 511. The van der Waals surface area contributed by atoms with Gasteiger partial charge in [0.1, 0.15) is 5.58 Å². The summed E-state index contributed by atoms with van der Waals surface area (Å²) in [5.74, 6) is 0.561. The zero-order chi connectivity index (χ0) is 13.1. The molecule has 0 spiro atoms. The molecular weight excluding hydrogens is 222 g/mol. The fourth-order valence-electron chi connectivity index (χ4n) is 2.15. The molecule has 2 nitrogen and oxygen atoms in total. The Hall–Kier alpha value is -1.28. The quantitative estimate of drug-likeness (QED) is 0.858. The maximum atomic E-state index is 5.61. The van der Waals surface area contributed by atoms with Crippen LogP contribution >= 0.6 is 0 Å². The van der Waals surface area contributed by atoms with Crippen molar-refractivity contribution < 1.29 is 4.42 Å². The van der Waals surface area contributed by atoms with E-state index in [-0.39, 0.29) is 0 Å². The molecule has 0 saturated heterocycles. The first kappa shape index (κ1) is 13.2. The highest BCUT2D eigenvalue weighted by Crippen LogP contribution is 2.26. The lowest BCUT2D eigenvalue weighted by Crippen LogP contribution is -2.24. The van der Waals surface area contributed by atoms with E-state index in [4.69, 9.17) is 4.42 Å². The van der Waals surface area contributed by atoms with Gasteiger partial charge >= 0.3 is 0 Å². The van der Waals surface area contributed by atoms with Crippen LogP contribution in [0.1, 0.15) is 44.7 Å². The van der Waals surface area contributed by atoms with Crippen molar-refractivity contribution in [2.45, 2.75) is 46.1 Å². The zero-order valence-corrected chi connectivity index (χ0v) is 11.8. The molecule has 0 aliphatic heterocycles. The first-order chi connectivity index (χ1) is 8.58. The molecule has 1 aromatic heterocycles. The number of hydrogen-bond donors (Lipinski definition) is 1. The molecule has 0 bridgehead atoms. The van der Waals surface area contributed by atoms with Gasteiger partial charge in [-0.15, -0.1) is 0 Å². The minimum absolute atomic E-state index is 0.536. The minimum atomic E-state index is 0.536. The monoisotopic (exact) mass is 245 g/mol. The first-order valence-electron chi connectivity index (χ1n) is 6.81. The van der Waals surface area contributed by atoms with Crippen molar-refractivity contribution in [3.63, 3.8) is 0 Å². The number of furan rings is 1. The third-order valence-electron chi connectivity index (χ3n) is 3.29. The number of hydrogen-bond acceptors (Lipinski definition) is 2. The highest BCUT2D eigenvalue weighted by Gasteiger charge is 2.08. The third-order valence-corrected chi connectivity index (χ3v) is 3.29. The van der Waals surface area contributed by atoms with Gasteiger partial charge in [-0.3, -0.25) is 0 Å². The van der Waals surface area contributed by atoms with Gasteiger partial charge < -0.3 is 9.73 Å². The fraction of sp³-hybridized carbons (Fsp3) is 0.500. The van der Waals surface area contributed by atoms with Crippen molar-refractivity contribution in [3.05, 3.63) is 35.6 Å². The molecular formula is C16H23NO. The van der Waals surface area contributed by atoms with Crippen LogP contribution in [0.3, 0.4) is 0 Å². The predicted molar refractivity (Wildman–Crippen MR) is 77.1 cm³/mol. The molecule has 0 atom stereocenters. The molecule has 1 aromatic carbocycles. The largest absolute Gasteiger partial charge is 0.464 e. The number of rotatable bonds is 5. The van der Waals surface area contributed by atoms with E-state index >= 15 is 0 Å². The molecule has 1 N–H and O–H groups in total. The Balaban J connectivity index is 2.20. The van der Waals surface area contributed by atoms with E-state index in [9.17, 15) is 0 Å². The Labute approximate surface area is 109 Å². The van der Waals surface area contributed by atoms with Crippen LogP contribution in [-0.4, -0.2) is 12.6 Å². The zero-order valence-electron chi connectivity index (χ0n) is 11.8. The van der Waals surface area contributed by atoms with Crippen LogP contribution in [0.4, 0.5) is 0 Å². The smallest absolute Gasteiger partial charge is 0.134 e. The molecule has 0 radical (unpaired) electrons. The lowest BCUT2D eigenvalue weighted by Gasteiger charge is -2.07. The van der Waals surface area contributed by atoms with Crippen LogP contribution in [0.5, 0.6) is 0 Å². The van der Waals surface area contributed by atoms with E-state index in [1.54, 1.807) is 0 Å². The lowest BCUT2D eigenvalue weighted by atomic mass is 10.00. The molecule has 18 heavy (non-hydrogen) atoms. The molecule has 98 valence electrons. The van der Waals surface area contributed by atoms with Crippen LogP contribution in [0.25, 0.3) is 11.0 Å². The van der Waals surface area contributed by atoms with E-state index in [2.05, 4.69) is 51.2 Å². The molecule has 0 aliphatic carbocycles. The van der Waals surface area contributed by atoms with Crippen LogP contribution in [0.2, 0.25) is 0 Å². The van der Waals surface area contributed by atoms with Gasteiger partial charge in [0.15, 0.2) is 0 Å². The highest BCUT2D eigenvalue weighted by atomic mass is 16.3. The van der Waals surface area contributed by atoms with Crippen molar-refractivity contribution in [2.75, 3.05) is 6.54 Å². The molecule has 2 heteroatoms. The van der Waals surface area contributed by atoms with Gasteiger partial charge in [-0.2, -0.15) is 0 Å². The summed E-state index contributed by atoms with van der Waals surface area (Å²) in [4.78, 5) is 0. The van der Waals surface area contributed by atoms with Crippen LogP contribution < -0.4 is 5.32 Å². The summed E-state index contributed by atoms with van der Waals surface area (Å²) in [6, 6.07) is 7.06. The topological polar surface area (TPSA) is 25.2 Å². The molecule has 2 rings (SSSR count). The Morgan fingerprint density at radius 3 is 2.61 bits per heavy atom. The lowest BCUT2D eigenvalue weighted by molar-refractivity contribution is 0.580. The first-order valence-corrected chi connectivity index (χ1v) is 6.81. The molecule has 0 unspecified atom stereocenters. The molecule has 0 aliphatic rings. The fourth-order valence-corrected chi connectivity index (χ4v) is 2.15. The second kappa shape index (κ2) is 5.57. The van der Waals surface area contributed by atoms with Gasteiger partial charge in [-0.25, -0.2) is 0 Å². The summed E-state index contributed by atoms with van der Waals surface area (Å²) in [5.41, 5.74) is 3.68. The highest BCUT2D eigenvalue weighted by molar-refractivity contribution is 5.81. The normalized spacial score (nSPS) is 11.9. The van der Waals surface area contributed by atoms with Crippen LogP contribution in [0, 0.1) is 0 Å². The maximum Gasteiger partial charge on any atom is 0.134 e. The van der Waals surface area contributed by atoms with Gasteiger partial charge in [0.05, 0.1) is 6.26 Å². The SMILES string of the molecule is CC(C)NCCc1coc2ccc(C(C)C)cc12. The van der Waals surface area contributed by atoms with Crippen LogP contribution in [-0.2, 0) is 6.42 Å². The van der Waals surface area contributed by atoms with E-state index < -0.39 is 0 Å². The van der Waals surface area contributed by atoms with Crippen molar-refractivity contribution in [1.29, 1.82) is 0 Å². The summed E-state index contributed by atoms with van der Waals surface area (Å²) in [7, 11) is 0. The number of nitrogens with one attached hydrogen (secondary N) is 1. The van der Waals surface area contributed by atoms with E-state index in [0.717, 1.165) is 18.5 Å². The molecule has 0 saturated carbocycles. The van der Waals surface area contributed by atoms with Crippen molar-refractivity contribution in [1.82, 2.24) is 5.32 Å². The van der Waals surface area contributed by atoms with Gasteiger partial charge in [-0.1, -0.05) is 33.8 Å². The second-order valence-corrected chi connectivity index (χ2v) is 5.53. The average molecular weight is 245 g/mol. The number of fused-ring (bicyclic) bond motifs is 1. The molecule has 0 fully saturated rings. The molecule has 2 aromatic rings. The summed E-state index contributed by atoms with van der Waals surface area (Å²) in [6.07, 6.45) is 2.92. The summed E-state index contributed by atoms with van der Waals surface area (Å²) >= 11 is 0. The maximum absolute atomic E-state index is 5.61. The van der Waals surface area contributed by atoms with Crippen molar-refractivity contribution in [2.24, 2.45) is 0 Å². The van der Waals surface area contributed by atoms with Crippen molar-refractivity contribution >= 4 is 11.0 Å². The van der Waals surface area contributed by atoms with Gasteiger partial charge in [0, 0.05) is 11.4 Å².